The van der Waals surface area contributed by atoms with Crippen LogP contribution in [0.4, 0.5) is 14.5 Å². The number of nitrogens with one attached hydrogen (secondary N) is 1. The van der Waals surface area contributed by atoms with Crippen LogP contribution < -0.4 is 20.2 Å². The van der Waals surface area contributed by atoms with Crippen molar-refractivity contribution in [1.82, 2.24) is 14.5 Å². The summed E-state index contributed by atoms with van der Waals surface area (Å²) < 4.78 is 40.6. The summed E-state index contributed by atoms with van der Waals surface area (Å²) in [7, 11) is 3.00. The van der Waals surface area contributed by atoms with Gasteiger partial charge in [0.05, 0.1) is 24.4 Å². The molecule has 1 N–H and O–H groups in total. The number of nitriles is 1. The van der Waals surface area contributed by atoms with Crippen LogP contribution in [0, 0.1) is 23.0 Å². The smallest absolute Gasteiger partial charge is 0.261 e. The molecule has 0 aliphatic rings. The maximum atomic E-state index is 15.0. The van der Waals surface area contributed by atoms with Gasteiger partial charge < -0.3 is 19.4 Å². The summed E-state index contributed by atoms with van der Waals surface area (Å²) in [6, 6.07) is 13.9. The molecule has 0 spiro atoms. The number of benzene rings is 2. The highest BCUT2D eigenvalue weighted by Crippen LogP contribution is 2.31. The number of halogens is 2. The molecule has 3 aromatic heterocycles. The Bertz CT molecular complexity index is 1880. The number of ether oxygens (including phenoxy) is 2. The number of methoxy groups -OCH3 is 1. The van der Waals surface area contributed by atoms with E-state index in [9.17, 15) is 19.2 Å². The number of aromatic nitrogens is 3. The Morgan fingerprint density at radius 1 is 1.05 bits per heavy atom. The number of hydrogen-bond acceptors (Lipinski definition) is 7. The van der Waals surface area contributed by atoms with Crippen molar-refractivity contribution in [1.29, 1.82) is 5.26 Å². The first-order chi connectivity index (χ1) is 19.3. The van der Waals surface area contributed by atoms with Crippen molar-refractivity contribution in [3.05, 3.63) is 106 Å². The Balaban J connectivity index is 1.42. The van der Waals surface area contributed by atoms with Crippen molar-refractivity contribution in [2.45, 2.75) is 0 Å². The minimum atomic E-state index is -0.820. The van der Waals surface area contributed by atoms with E-state index in [1.807, 2.05) is 6.07 Å². The minimum Gasteiger partial charge on any atom is -0.495 e. The van der Waals surface area contributed by atoms with E-state index >= 15 is 4.39 Å². The van der Waals surface area contributed by atoms with E-state index in [0.29, 0.717) is 16.8 Å². The predicted molar refractivity (Wildman–Crippen MR) is 142 cm³/mol. The van der Waals surface area contributed by atoms with Gasteiger partial charge in [-0.2, -0.15) is 5.26 Å². The molecule has 0 fully saturated rings. The van der Waals surface area contributed by atoms with Gasteiger partial charge in [-0.15, -0.1) is 0 Å². The Labute approximate surface area is 225 Å². The van der Waals surface area contributed by atoms with Crippen LogP contribution in [0.2, 0.25) is 0 Å². The van der Waals surface area contributed by atoms with E-state index in [4.69, 9.17) is 9.47 Å². The van der Waals surface area contributed by atoms with Gasteiger partial charge >= 0.3 is 0 Å². The van der Waals surface area contributed by atoms with Crippen LogP contribution in [0.25, 0.3) is 22.2 Å². The van der Waals surface area contributed by atoms with Crippen LogP contribution in [0.1, 0.15) is 16.1 Å². The number of carbonyl (C=O) groups is 1. The fraction of sp³-hybridized carbons (Fsp3) is 0.0690. The summed E-state index contributed by atoms with van der Waals surface area (Å²) in [5.41, 5.74) is 0.156. The molecule has 0 aliphatic carbocycles. The van der Waals surface area contributed by atoms with Crippen molar-refractivity contribution in [2.75, 3.05) is 12.4 Å². The number of hydrogen-bond donors (Lipinski definition) is 1. The van der Waals surface area contributed by atoms with Gasteiger partial charge in [-0.05, 0) is 29.8 Å². The predicted octanol–water partition coefficient (Wildman–Crippen LogP) is 5.20. The second-order valence-corrected chi connectivity index (χ2v) is 8.58. The molecule has 5 rings (SSSR count). The normalized spacial score (nSPS) is 10.7. The highest BCUT2D eigenvalue weighted by Gasteiger charge is 2.21. The maximum Gasteiger partial charge on any atom is 0.261 e. The molecule has 2 aromatic carbocycles. The lowest BCUT2D eigenvalue weighted by atomic mass is 10.0. The number of aryl methyl sites for hydroxylation is 1. The van der Waals surface area contributed by atoms with E-state index in [1.54, 1.807) is 6.07 Å². The molecule has 3 heterocycles. The van der Waals surface area contributed by atoms with Crippen molar-refractivity contribution in [2.24, 2.45) is 7.05 Å². The number of rotatable bonds is 6. The zero-order chi connectivity index (χ0) is 28.4. The number of pyridine rings is 3. The monoisotopic (exact) mass is 539 g/mol. The van der Waals surface area contributed by atoms with Crippen LogP contribution in [0.15, 0.2) is 78.0 Å². The van der Waals surface area contributed by atoms with E-state index < -0.39 is 23.0 Å². The van der Waals surface area contributed by atoms with Gasteiger partial charge in [0.25, 0.3) is 5.91 Å². The van der Waals surface area contributed by atoms with Crippen molar-refractivity contribution < 1.29 is 23.0 Å². The second kappa shape index (κ2) is 10.6. The van der Waals surface area contributed by atoms with Crippen molar-refractivity contribution in [3.63, 3.8) is 0 Å². The van der Waals surface area contributed by atoms with Crippen LogP contribution in [-0.4, -0.2) is 27.6 Å². The van der Waals surface area contributed by atoms with E-state index in [2.05, 4.69) is 15.3 Å². The van der Waals surface area contributed by atoms with Gasteiger partial charge in [0.2, 0.25) is 5.43 Å². The van der Waals surface area contributed by atoms with Crippen molar-refractivity contribution in [3.8, 4) is 34.4 Å². The lowest BCUT2D eigenvalue weighted by Gasteiger charge is -2.13. The quantitative estimate of drug-likeness (QED) is 0.315. The second-order valence-electron chi connectivity index (χ2n) is 8.58. The number of nitrogens with zero attached hydrogens (tertiary/aromatic N) is 4. The first-order valence-corrected chi connectivity index (χ1v) is 11.8. The summed E-state index contributed by atoms with van der Waals surface area (Å²) in [5.74, 6) is -1.48. The SMILES string of the molecule is COc1cnc2c(Oc3ccc(NC(=O)c4cn(C)c(C#N)c(-c5ccc(F)cc5)c4=O)cc3F)ccnc2c1. The zero-order valence-electron chi connectivity index (χ0n) is 21.1. The van der Waals surface area contributed by atoms with Gasteiger partial charge in [0, 0.05) is 43.3 Å². The Morgan fingerprint density at radius 3 is 2.52 bits per heavy atom. The highest BCUT2D eigenvalue weighted by atomic mass is 19.1. The fourth-order valence-electron chi connectivity index (χ4n) is 4.08. The van der Waals surface area contributed by atoms with Crippen LogP contribution in [0.3, 0.4) is 0 Å². The molecule has 5 aromatic rings. The van der Waals surface area contributed by atoms with Crippen molar-refractivity contribution >= 4 is 22.6 Å². The Hall–Kier alpha value is -5.63. The molecular weight excluding hydrogens is 520 g/mol. The number of carbonyl (C=O) groups excluding carboxylic acids is 1. The third-order valence-corrected chi connectivity index (χ3v) is 6.03. The standard InChI is InChI=1S/C29H19F2N5O4/c1-36-15-20(28(37)26(23(36)13-32)16-3-5-17(30)6-4-16)29(38)35-18-7-8-24(21(31)11-18)40-25-9-10-33-22-12-19(39-2)14-34-27(22)25/h3-12,14-15H,1-2H3,(H,35,38). The molecule has 198 valence electrons. The third kappa shape index (κ3) is 4.93. The van der Waals surface area contributed by atoms with Crippen LogP contribution in [-0.2, 0) is 7.05 Å². The summed E-state index contributed by atoms with van der Waals surface area (Å²) in [4.78, 5) is 34.8. The average Bonchev–Trinajstić information content (AvgIpc) is 2.95. The Kier molecular flexibility index (Phi) is 6.90. The Morgan fingerprint density at radius 2 is 1.82 bits per heavy atom. The summed E-state index contributed by atoms with van der Waals surface area (Å²) in [6.45, 7) is 0. The lowest BCUT2D eigenvalue weighted by Crippen LogP contribution is -2.26. The molecular formula is C29H19F2N5O4. The molecule has 1 amide bonds. The van der Waals surface area contributed by atoms with Gasteiger partial charge in [0.1, 0.15) is 34.4 Å². The maximum absolute atomic E-state index is 15.0. The van der Waals surface area contributed by atoms with Gasteiger partial charge in [-0.25, -0.2) is 13.8 Å². The summed E-state index contributed by atoms with van der Waals surface area (Å²) >= 11 is 0. The van der Waals surface area contributed by atoms with E-state index in [1.165, 1.54) is 67.6 Å². The number of anilines is 1. The van der Waals surface area contributed by atoms with Crippen LogP contribution in [0.5, 0.6) is 17.2 Å². The van der Waals surface area contributed by atoms with E-state index in [-0.39, 0.29) is 39.6 Å². The largest absolute Gasteiger partial charge is 0.495 e. The van der Waals surface area contributed by atoms with E-state index in [0.717, 1.165) is 18.2 Å². The van der Waals surface area contributed by atoms with Crippen LogP contribution >= 0.6 is 0 Å². The number of amides is 1. The number of fused-ring (bicyclic) bond motifs is 1. The molecule has 0 aliphatic heterocycles. The topological polar surface area (TPSA) is 119 Å². The molecule has 11 heteroatoms. The zero-order valence-corrected chi connectivity index (χ0v) is 21.1. The minimum absolute atomic E-state index is 0.00252. The lowest BCUT2D eigenvalue weighted by molar-refractivity contribution is 0.102. The first-order valence-electron chi connectivity index (χ1n) is 11.8. The van der Waals surface area contributed by atoms with Gasteiger partial charge in [-0.3, -0.25) is 14.6 Å². The molecule has 40 heavy (non-hydrogen) atoms. The third-order valence-electron chi connectivity index (χ3n) is 6.03. The molecule has 0 atom stereocenters. The molecule has 0 saturated heterocycles. The molecule has 0 unspecified atom stereocenters. The fourth-order valence-corrected chi connectivity index (χ4v) is 4.08. The first kappa shape index (κ1) is 26.0. The molecule has 9 nitrogen and oxygen atoms in total. The van der Waals surface area contributed by atoms with Gasteiger partial charge in [0.15, 0.2) is 17.3 Å². The molecule has 0 radical (unpaired) electrons. The summed E-state index contributed by atoms with van der Waals surface area (Å²) in [5, 5.41) is 12.1. The highest BCUT2D eigenvalue weighted by molar-refractivity contribution is 6.05. The average molecular weight is 539 g/mol. The summed E-state index contributed by atoms with van der Waals surface area (Å²) in [6.07, 6.45) is 4.19. The molecule has 0 saturated carbocycles. The van der Waals surface area contributed by atoms with Gasteiger partial charge in [-0.1, -0.05) is 12.1 Å². The molecule has 0 bridgehead atoms.